The summed E-state index contributed by atoms with van der Waals surface area (Å²) in [4.78, 5) is 12.2. The zero-order chi connectivity index (χ0) is 11.5. The van der Waals surface area contributed by atoms with E-state index >= 15 is 0 Å². The molecule has 1 saturated heterocycles. The second-order valence-electron chi connectivity index (χ2n) is 4.51. The standard InChI is InChI=1S/C12H19N3O/c1-3-6-15-11(4-5-14-15)12(16)9(2)10-7-13-8-10/h4-5,9-10,13H,3,6-8H2,1-2H3. The fourth-order valence-corrected chi connectivity index (χ4v) is 2.04. The summed E-state index contributed by atoms with van der Waals surface area (Å²) in [5, 5.41) is 7.40. The van der Waals surface area contributed by atoms with E-state index in [1.54, 1.807) is 6.20 Å². The van der Waals surface area contributed by atoms with Gasteiger partial charge in [0.15, 0.2) is 5.78 Å². The Bertz CT molecular complexity index is 368. The summed E-state index contributed by atoms with van der Waals surface area (Å²) in [6.07, 6.45) is 2.72. The first-order valence-corrected chi connectivity index (χ1v) is 6.00. The molecule has 88 valence electrons. The summed E-state index contributed by atoms with van der Waals surface area (Å²) in [5.74, 6) is 0.837. The number of aryl methyl sites for hydroxylation is 1. The topological polar surface area (TPSA) is 46.9 Å². The lowest BCUT2D eigenvalue weighted by Gasteiger charge is -2.31. The molecule has 2 rings (SSSR count). The van der Waals surface area contributed by atoms with Crippen LogP contribution in [0.15, 0.2) is 12.3 Å². The maximum Gasteiger partial charge on any atom is 0.184 e. The quantitative estimate of drug-likeness (QED) is 0.763. The number of carbonyl (C=O) groups excluding carboxylic acids is 1. The largest absolute Gasteiger partial charge is 0.316 e. The summed E-state index contributed by atoms with van der Waals surface area (Å²) < 4.78 is 1.82. The van der Waals surface area contributed by atoms with Crippen molar-refractivity contribution >= 4 is 5.78 Å². The predicted molar refractivity (Wildman–Crippen MR) is 62.4 cm³/mol. The summed E-state index contributed by atoms with van der Waals surface area (Å²) >= 11 is 0. The highest BCUT2D eigenvalue weighted by molar-refractivity contribution is 5.96. The van der Waals surface area contributed by atoms with Gasteiger partial charge in [0.1, 0.15) is 5.69 Å². The molecular formula is C12H19N3O. The molecule has 0 aliphatic carbocycles. The van der Waals surface area contributed by atoms with Crippen molar-refractivity contribution in [2.45, 2.75) is 26.8 Å². The molecular weight excluding hydrogens is 202 g/mol. The van der Waals surface area contributed by atoms with Crippen LogP contribution in [0, 0.1) is 11.8 Å². The van der Waals surface area contributed by atoms with E-state index in [1.807, 2.05) is 17.7 Å². The molecule has 1 aromatic heterocycles. The van der Waals surface area contributed by atoms with Crippen LogP contribution in [0.2, 0.25) is 0 Å². The van der Waals surface area contributed by atoms with Gasteiger partial charge in [-0.3, -0.25) is 9.48 Å². The molecule has 1 N–H and O–H groups in total. The zero-order valence-corrected chi connectivity index (χ0v) is 9.94. The molecule has 0 saturated carbocycles. The van der Waals surface area contributed by atoms with Gasteiger partial charge in [-0.1, -0.05) is 13.8 Å². The van der Waals surface area contributed by atoms with Crippen molar-refractivity contribution in [3.05, 3.63) is 18.0 Å². The van der Waals surface area contributed by atoms with Crippen LogP contribution in [-0.2, 0) is 6.54 Å². The van der Waals surface area contributed by atoms with E-state index in [-0.39, 0.29) is 11.7 Å². The van der Waals surface area contributed by atoms with Crippen molar-refractivity contribution in [2.24, 2.45) is 11.8 Å². The molecule has 16 heavy (non-hydrogen) atoms. The van der Waals surface area contributed by atoms with Crippen molar-refractivity contribution in [1.82, 2.24) is 15.1 Å². The molecule has 1 aliphatic heterocycles. The SMILES string of the molecule is CCCn1nccc1C(=O)C(C)C1CNC1. The van der Waals surface area contributed by atoms with Crippen LogP contribution < -0.4 is 5.32 Å². The lowest BCUT2D eigenvalue weighted by molar-refractivity contribution is 0.0842. The third kappa shape index (κ3) is 2.02. The van der Waals surface area contributed by atoms with E-state index in [2.05, 4.69) is 17.3 Å². The molecule has 1 atom stereocenters. The normalized spacial score (nSPS) is 18.1. The third-order valence-corrected chi connectivity index (χ3v) is 3.34. The highest BCUT2D eigenvalue weighted by Crippen LogP contribution is 2.20. The Morgan fingerprint density at radius 2 is 2.44 bits per heavy atom. The Hall–Kier alpha value is -1.16. The average molecular weight is 221 g/mol. The average Bonchev–Trinajstić information content (AvgIpc) is 2.62. The molecule has 0 aromatic carbocycles. The molecule has 0 amide bonds. The number of Topliss-reactive ketones (excluding diaryl/α,β-unsaturated/α-hetero) is 1. The maximum absolute atomic E-state index is 12.2. The van der Waals surface area contributed by atoms with Crippen molar-refractivity contribution < 1.29 is 4.79 Å². The summed E-state index contributed by atoms with van der Waals surface area (Å²) in [6.45, 7) is 6.87. The summed E-state index contributed by atoms with van der Waals surface area (Å²) in [7, 11) is 0. The number of nitrogens with one attached hydrogen (secondary N) is 1. The first kappa shape index (κ1) is 11.3. The van der Waals surface area contributed by atoms with Crippen molar-refractivity contribution in [3.63, 3.8) is 0 Å². The fourth-order valence-electron chi connectivity index (χ4n) is 2.04. The van der Waals surface area contributed by atoms with Gasteiger partial charge < -0.3 is 5.32 Å². The molecule has 1 unspecified atom stereocenters. The summed E-state index contributed by atoms with van der Waals surface area (Å²) in [5.41, 5.74) is 0.765. The monoisotopic (exact) mass is 221 g/mol. The van der Waals surface area contributed by atoms with E-state index in [4.69, 9.17) is 0 Å². The first-order valence-electron chi connectivity index (χ1n) is 6.00. The lowest BCUT2D eigenvalue weighted by Crippen LogP contribution is -2.47. The smallest absolute Gasteiger partial charge is 0.184 e. The number of carbonyl (C=O) groups is 1. The predicted octanol–water partition coefficient (Wildman–Crippen LogP) is 1.33. The van der Waals surface area contributed by atoms with Gasteiger partial charge in [-0.15, -0.1) is 0 Å². The Labute approximate surface area is 96.0 Å². The molecule has 4 heteroatoms. The highest BCUT2D eigenvalue weighted by atomic mass is 16.1. The molecule has 2 heterocycles. The van der Waals surface area contributed by atoms with Gasteiger partial charge >= 0.3 is 0 Å². The van der Waals surface area contributed by atoms with Crippen LogP contribution in [0.25, 0.3) is 0 Å². The third-order valence-electron chi connectivity index (χ3n) is 3.34. The molecule has 4 nitrogen and oxygen atoms in total. The van der Waals surface area contributed by atoms with Crippen LogP contribution >= 0.6 is 0 Å². The van der Waals surface area contributed by atoms with Crippen LogP contribution in [0.5, 0.6) is 0 Å². The molecule has 1 aromatic rings. The van der Waals surface area contributed by atoms with Gasteiger partial charge in [0.25, 0.3) is 0 Å². The number of nitrogens with zero attached hydrogens (tertiary/aromatic N) is 2. The second kappa shape index (κ2) is 4.78. The van der Waals surface area contributed by atoms with Gasteiger partial charge in [-0.2, -0.15) is 5.10 Å². The Kier molecular flexibility index (Phi) is 3.39. The molecule has 1 fully saturated rings. The second-order valence-corrected chi connectivity index (χ2v) is 4.51. The van der Waals surface area contributed by atoms with E-state index in [1.165, 1.54) is 0 Å². The number of ketones is 1. The van der Waals surface area contributed by atoms with Gasteiger partial charge in [0.2, 0.25) is 0 Å². The Morgan fingerprint density at radius 1 is 1.69 bits per heavy atom. The zero-order valence-electron chi connectivity index (χ0n) is 9.94. The van der Waals surface area contributed by atoms with Crippen molar-refractivity contribution in [1.29, 1.82) is 0 Å². The van der Waals surface area contributed by atoms with E-state index < -0.39 is 0 Å². The van der Waals surface area contributed by atoms with Gasteiger partial charge in [0, 0.05) is 18.7 Å². The molecule has 0 radical (unpaired) electrons. The minimum atomic E-state index is 0.105. The van der Waals surface area contributed by atoms with E-state index in [0.29, 0.717) is 5.92 Å². The van der Waals surface area contributed by atoms with Crippen LogP contribution in [0.4, 0.5) is 0 Å². The maximum atomic E-state index is 12.2. The molecule has 0 bridgehead atoms. The number of hydrogen-bond donors (Lipinski definition) is 1. The van der Waals surface area contributed by atoms with Gasteiger partial charge in [-0.05, 0) is 31.5 Å². The summed E-state index contributed by atoms with van der Waals surface area (Å²) in [6, 6.07) is 1.83. The first-order chi connectivity index (χ1) is 7.74. The van der Waals surface area contributed by atoms with Crippen molar-refractivity contribution in [3.8, 4) is 0 Å². The van der Waals surface area contributed by atoms with E-state index in [9.17, 15) is 4.79 Å². The molecule has 0 spiro atoms. The minimum absolute atomic E-state index is 0.105. The Morgan fingerprint density at radius 3 is 3.00 bits per heavy atom. The van der Waals surface area contributed by atoms with Crippen molar-refractivity contribution in [2.75, 3.05) is 13.1 Å². The van der Waals surface area contributed by atoms with Crippen LogP contribution in [0.3, 0.4) is 0 Å². The fraction of sp³-hybridized carbons (Fsp3) is 0.667. The van der Waals surface area contributed by atoms with E-state index in [0.717, 1.165) is 31.7 Å². The highest BCUT2D eigenvalue weighted by Gasteiger charge is 2.30. The molecule has 1 aliphatic rings. The number of rotatable bonds is 5. The number of hydrogen-bond acceptors (Lipinski definition) is 3. The minimum Gasteiger partial charge on any atom is -0.316 e. The number of aromatic nitrogens is 2. The van der Waals surface area contributed by atoms with Gasteiger partial charge in [0.05, 0.1) is 0 Å². The van der Waals surface area contributed by atoms with Crippen LogP contribution in [-0.4, -0.2) is 28.7 Å². The van der Waals surface area contributed by atoms with Crippen LogP contribution in [0.1, 0.15) is 30.8 Å². The Balaban J connectivity index is 2.09. The lowest BCUT2D eigenvalue weighted by atomic mass is 9.85. The van der Waals surface area contributed by atoms with Gasteiger partial charge in [-0.25, -0.2) is 0 Å².